The average Bonchev–Trinajstić information content (AvgIpc) is 3.65. The van der Waals surface area contributed by atoms with Crippen LogP contribution in [0.4, 0.5) is 0 Å². The monoisotopic (exact) mass is 1170 g/mol. The predicted octanol–water partition coefficient (Wildman–Crippen LogP) is 14.8. The number of aromatic nitrogens is 5. The Morgan fingerprint density at radius 1 is 0.493 bits per heavy atom. The summed E-state index contributed by atoms with van der Waals surface area (Å²) in [6.07, 6.45) is 9.47. The zero-order valence-corrected chi connectivity index (χ0v) is 43.0. The summed E-state index contributed by atoms with van der Waals surface area (Å²) in [7, 11) is 0. The van der Waals surface area contributed by atoms with Gasteiger partial charge in [0.15, 0.2) is 0 Å². The number of nitrogens with zero attached hydrogens (tertiary/aromatic N) is 5. The third kappa shape index (κ3) is 10.9. The Bertz CT molecular complexity index is 3180. The summed E-state index contributed by atoms with van der Waals surface area (Å²) < 4.78 is 14.9. The first-order valence-corrected chi connectivity index (χ1v) is 22.8. The summed E-state index contributed by atoms with van der Waals surface area (Å²) in [4.78, 5) is 19.0. The third-order valence-electron chi connectivity index (χ3n) is 11.9. The van der Waals surface area contributed by atoms with E-state index in [1.54, 1.807) is 18.5 Å². The molecule has 10 rings (SSSR count). The van der Waals surface area contributed by atoms with Gasteiger partial charge in [0, 0.05) is 58.9 Å². The summed E-state index contributed by atoms with van der Waals surface area (Å²) >= 11 is 0. The van der Waals surface area contributed by atoms with E-state index < -0.39 is 0 Å². The zero-order valence-electron chi connectivity index (χ0n) is 39.2. The van der Waals surface area contributed by atoms with Gasteiger partial charge in [0.2, 0.25) is 5.95 Å². The molecule has 7 nitrogen and oxygen atoms in total. The van der Waals surface area contributed by atoms with Crippen molar-refractivity contribution in [2.24, 2.45) is 11.8 Å². The largest absolute Gasteiger partial charge is 2.00 e. The van der Waals surface area contributed by atoms with Gasteiger partial charge in [-0.1, -0.05) is 112 Å². The summed E-state index contributed by atoms with van der Waals surface area (Å²) in [6.45, 7) is 13.2. The average molecular weight is 1170 g/mol. The van der Waals surface area contributed by atoms with Gasteiger partial charge in [-0.05, 0) is 89.4 Å². The molecule has 346 valence electrons. The van der Waals surface area contributed by atoms with E-state index in [9.17, 15) is 0 Å². The van der Waals surface area contributed by atoms with Crippen molar-refractivity contribution < 1.29 is 51.0 Å². The molecule has 0 aliphatic heterocycles. The standard InChI is InChI=1S/C60H49N5O2.Pd.Pt/c1-38(2)28-42-14-18-44(19-15-42)54-36-63-56(30-40(54)5)46-10-7-12-48(32-46)66-50-22-24-52-53-25-23-51(35-59(53)65(58(52)34-50)60-61-26-9-27-62-60)67-49-13-8-11-47(33-49)57-31-41(6)55(37-64-57)45-20-16-43(17-21-45)29-39(3)4;;/h7-27,30-31,36-39H,28-29H2,1-6H3;;/q-4;2*+2. The Morgan fingerprint density at radius 3 is 1.32 bits per heavy atom. The number of fused-ring (bicyclic) bond motifs is 3. The normalized spacial score (nSPS) is 11.2. The molecule has 4 heterocycles. The Kier molecular flexibility index (Phi) is 15.2. The molecule has 0 bridgehead atoms. The van der Waals surface area contributed by atoms with Gasteiger partial charge in [0.1, 0.15) is 0 Å². The predicted molar refractivity (Wildman–Crippen MR) is 269 cm³/mol. The van der Waals surface area contributed by atoms with Crippen LogP contribution in [0.2, 0.25) is 0 Å². The Morgan fingerprint density at radius 2 is 0.913 bits per heavy atom. The minimum atomic E-state index is 0. The van der Waals surface area contributed by atoms with Gasteiger partial charge in [-0.3, -0.25) is 0 Å². The summed E-state index contributed by atoms with van der Waals surface area (Å²) in [5.74, 6) is 3.83. The van der Waals surface area contributed by atoms with Crippen molar-refractivity contribution in [2.75, 3.05) is 0 Å². The first-order valence-electron chi connectivity index (χ1n) is 22.8. The minimum Gasteiger partial charge on any atom is -0.503 e. The molecule has 0 amide bonds. The fourth-order valence-electron chi connectivity index (χ4n) is 8.70. The third-order valence-corrected chi connectivity index (χ3v) is 11.9. The molecule has 0 atom stereocenters. The fourth-order valence-corrected chi connectivity index (χ4v) is 8.70. The summed E-state index contributed by atoms with van der Waals surface area (Å²) in [5.41, 5.74) is 14.3. The van der Waals surface area contributed by atoms with Gasteiger partial charge in [-0.15, -0.1) is 71.8 Å². The molecule has 6 aromatic carbocycles. The molecule has 0 saturated heterocycles. The van der Waals surface area contributed by atoms with E-state index in [2.05, 4.69) is 136 Å². The fraction of sp³-hybridized carbons (Fsp3) is 0.167. The van der Waals surface area contributed by atoms with Crippen molar-refractivity contribution >= 4 is 21.8 Å². The van der Waals surface area contributed by atoms with Crippen LogP contribution in [0.25, 0.3) is 72.5 Å². The number of rotatable bonds is 13. The van der Waals surface area contributed by atoms with Crippen molar-refractivity contribution in [3.05, 3.63) is 199 Å². The second kappa shape index (κ2) is 21.4. The molecule has 0 spiro atoms. The smallest absolute Gasteiger partial charge is 0.503 e. The van der Waals surface area contributed by atoms with Crippen LogP contribution in [0.15, 0.2) is 152 Å². The Hall–Kier alpha value is -6.55. The molecule has 0 radical (unpaired) electrons. The molecule has 0 aliphatic rings. The molecule has 0 N–H and O–H groups in total. The number of benzene rings is 6. The van der Waals surface area contributed by atoms with Crippen LogP contribution in [0.5, 0.6) is 23.0 Å². The molecule has 0 saturated carbocycles. The molecule has 9 heteroatoms. The van der Waals surface area contributed by atoms with Gasteiger partial charge in [-0.25, -0.2) is 9.97 Å². The molecular formula is C60H49N5O2PdPt. The molecule has 0 unspecified atom stereocenters. The number of pyridine rings is 2. The molecule has 0 fully saturated rings. The van der Waals surface area contributed by atoms with Crippen LogP contribution < -0.4 is 9.47 Å². The van der Waals surface area contributed by atoms with E-state index in [1.165, 1.54) is 11.1 Å². The van der Waals surface area contributed by atoms with E-state index in [0.717, 1.165) is 90.5 Å². The second-order valence-corrected chi connectivity index (χ2v) is 18.0. The molecule has 0 aliphatic carbocycles. The van der Waals surface area contributed by atoms with Crippen LogP contribution in [0.3, 0.4) is 0 Å². The van der Waals surface area contributed by atoms with Crippen LogP contribution >= 0.6 is 0 Å². The van der Waals surface area contributed by atoms with Crippen molar-refractivity contribution in [3.63, 3.8) is 0 Å². The SMILES string of the molecule is Cc1cc(-c2[c-]c(Oc3[c-]c4c(cc3)c3ccc(Oc5[c-]c(-c6cc(C)c(-c7ccc(CC(C)C)cc7)cn6)ccc5)[c-]c3n4-c3ncccn3)ccc2)ncc1-c1ccc(CC(C)C)cc1.[Pd+2].[Pt+2]. The van der Waals surface area contributed by atoms with Crippen molar-refractivity contribution in [1.29, 1.82) is 0 Å². The van der Waals surface area contributed by atoms with E-state index in [1.807, 2.05) is 77.6 Å². The van der Waals surface area contributed by atoms with Crippen LogP contribution in [-0.2, 0) is 54.3 Å². The van der Waals surface area contributed by atoms with Gasteiger partial charge in [0.25, 0.3) is 0 Å². The Labute approximate surface area is 433 Å². The number of hydrogen-bond donors (Lipinski definition) is 0. The molecular weight excluding hydrogens is 1120 g/mol. The summed E-state index contributed by atoms with van der Waals surface area (Å²) in [5, 5.41) is 1.88. The molecule has 4 aromatic heterocycles. The van der Waals surface area contributed by atoms with Crippen LogP contribution in [-0.4, -0.2) is 24.5 Å². The number of ether oxygens (including phenoxy) is 2. The topological polar surface area (TPSA) is 75.0 Å². The number of aryl methyl sites for hydroxylation is 2. The first-order chi connectivity index (χ1) is 32.6. The first kappa shape index (κ1) is 48.9. The maximum absolute atomic E-state index is 6.46. The van der Waals surface area contributed by atoms with Gasteiger partial charge >= 0.3 is 41.5 Å². The zero-order chi connectivity index (χ0) is 46.0. The molecule has 10 aromatic rings. The Balaban J connectivity index is 0.00000321. The second-order valence-electron chi connectivity index (χ2n) is 18.0. The van der Waals surface area contributed by atoms with Crippen molar-refractivity contribution in [1.82, 2.24) is 24.5 Å². The van der Waals surface area contributed by atoms with Crippen LogP contribution in [0.1, 0.15) is 49.9 Å². The van der Waals surface area contributed by atoms with Gasteiger partial charge in [-0.2, -0.15) is 22.9 Å². The van der Waals surface area contributed by atoms with E-state index in [0.29, 0.717) is 40.8 Å². The molecule has 69 heavy (non-hydrogen) atoms. The van der Waals surface area contributed by atoms with Crippen molar-refractivity contribution in [3.8, 4) is 73.7 Å². The maximum Gasteiger partial charge on any atom is 2.00 e. The minimum absolute atomic E-state index is 0. The van der Waals surface area contributed by atoms with Crippen molar-refractivity contribution in [2.45, 2.75) is 54.4 Å². The summed E-state index contributed by atoms with van der Waals surface area (Å²) in [6, 6.07) is 57.1. The maximum atomic E-state index is 6.46. The number of hydrogen-bond acceptors (Lipinski definition) is 6. The van der Waals surface area contributed by atoms with E-state index in [4.69, 9.17) is 19.4 Å². The van der Waals surface area contributed by atoms with Crippen LogP contribution in [0, 0.1) is 49.9 Å². The van der Waals surface area contributed by atoms with E-state index >= 15 is 0 Å². The van der Waals surface area contributed by atoms with E-state index in [-0.39, 0.29) is 41.5 Å². The van der Waals surface area contributed by atoms with Gasteiger partial charge < -0.3 is 24.0 Å². The quantitative estimate of drug-likeness (QED) is 0.0846. The van der Waals surface area contributed by atoms with Gasteiger partial charge in [0.05, 0.1) is 0 Å².